The summed E-state index contributed by atoms with van der Waals surface area (Å²) in [5, 5.41) is 17.2. The van der Waals surface area contributed by atoms with Gasteiger partial charge in [-0.25, -0.2) is 0 Å². The van der Waals surface area contributed by atoms with Crippen LogP contribution in [0, 0.1) is 0 Å². The first-order valence-corrected chi connectivity index (χ1v) is 4.08. The van der Waals surface area contributed by atoms with Crippen molar-refractivity contribution in [2.45, 2.75) is 12.3 Å². The zero-order valence-electron chi connectivity index (χ0n) is 6.94. The number of furan rings is 1. The standard InChI is InChI=1S/C8H7ClO5/c9-6-2-1-5(14-6)4(8(12)13)3-7(10)11/h1-2,4H,3H2,(H,10,11)(H,12,13). The van der Waals surface area contributed by atoms with Crippen LogP contribution < -0.4 is 0 Å². The van der Waals surface area contributed by atoms with E-state index in [2.05, 4.69) is 0 Å². The van der Waals surface area contributed by atoms with E-state index >= 15 is 0 Å². The number of hydrogen-bond donors (Lipinski definition) is 2. The van der Waals surface area contributed by atoms with Crippen LogP contribution in [0.5, 0.6) is 0 Å². The minimum absolute atomic E-state index is 0.0386. The SMILES string of the molecule is O=C(O)CC(C(=O)O)c1ccc(Cl)o1. The van der Waals surface area contributed by atoms with E-state index in [4.69, 9.17) is 26.2 Å². The van der Waals surface area contributed by atoms with Crippen molar-refractivity contribution in [2.75, 3.05) is 0 Å². The van der Waals surface area contributed by atoms with Crippen LogP contribution in [-0.2, 0) is 9.59 Å². The molecule has 0 saturated heterocycles. The van der Waals surface area contributed by atoms with Gasteiger partial charge in [0.15, 0.2) is 5.22 Å². The van der Waals surface area contributed by atoms with Gasteiger partial charge in [0.2, 0.25) is 0 Å². The molecule has 1 aromatic heterocycles. The Morgan fingerprint density at radius 1 is 1.43 bits per heavy atom. The molecule has 5 nitrogen and oxygen atoms in total. The molecule has 2 N–H and O–H groups in total. The Labute approximate surface area is 83.9 Å². The van der Waals surface area contributed by atoms with E-state index < -0.39 is 24.3 Å². The maximum Gasteiger partial charge on any atom is 0.314 e. The molecule has 6 heteroatoms. The zero-order chi connectivity index (χ0) is 10.7. The fraction of sp³-hybridized carbons (Fsp3) is 0.250. The summed E-state index contributed by atoms with van der Waals surface area (Å²) in [6.45, 7) is 0. The maximum absolute atomic E-state index is 10.7. The third kappa shape index (κ3) is 2.50. The summed E-state index contributed by atoms with van der Waals surface area (Å²) in [5.41, 5.74) is 0. The summed E-state index contributed by atoms with van der Waals surface area (Å²) in [7, 11) is 0. The Morgan fingerprint density at radius 3 is 2.43 bits per heavy atom. The van der Waals surface area contributed by atoms with Crippen LogP contribution in [0.15, 0.2) is 16.5 Å². The topological polar surface area (TPSA) is 87.7 Å². The van der Waals surface area contributed by atoms with Gasteiger partial charge in [-0.3, -0.25) is 9.59 Å². The highest BCUT2D eigenvalue weighted by Gasteiger charge is 2.26. The van der Waals surface area contributed by atoms with Crippen molar-refractivity contribution in [1.82, 2.24) is 0 Å². The number of hydrogen-bond acceptors (Lipinski definition) is 3. The minimum atomic E-state index is -1.25. The Bertz CT molecular complexity index is 356. The van der Waals surface area contributed by atoms with Crippen molar-refractivity contribution in [2.24, 2.45) is 0 Å². The molecule has 76 valence electrons. The Hall–Kier alpha value is -1.49. The average molecular weight is 219 g/mol. The van der Waals surface area contributed by atoms with Gasteiger partial charge in [0, 0.05) is 0 Å². The van der Waals surface area contributed by atoms with Gasteiger partial charge in [0.1, 0.15) is 11.7 Å². The highest BCUT2D eigenvalue weighted by Crippen LogP contribution is 2.24. The second-order valence-corrected chi connectivity index (χ2v) is 3.00. The molecule has 0 bridgehead atoms. The summed E-state index contributed by atoms with van der Waals surface area (Å²) in [4.78, 5) is 21.0. The molecule has 0 radical (unpaired) electrons. The molecule has 1 rings (SSSR count). The molecule has 0 fully saturated rings. The van der Waals surface area contributed by atoms with E-state index in [0.29, 0.717) is 0 Å². The van der Waals surface area contributed by atoms with Crippen molar-refractivity contribution in [3.05, 3.63) is 23.1 Å². The Morgan fingerprint density at radius 2 is 2.07 bits per heavy atom. The Kier molecular flexibility index (Phi) is 3.14. The second-order valence-electron chi connectivity index (χ2n) is 2.63. The van der Waals surface area contributed by atoms with Crippen LogP contribution in [0.4, 0.5) is 0 Å². The molecule has 0 aliphatic heterocycles. The number of carbonyl (C=O) groups is 2. The molecule has 14 heavy (non-hydrogen) atoms. The van der Waals surface area contributed by atoms with Crippen molar-refractivity contribution < 1.29 is 24.2 Å². The van der Waals surface area contributed by atoms with Gasteiger partial charge in [-0.1, -0.05) is 0 Å². The quantitative estimate of drug-likeness (QED) is 0.801. The third-order valence-electron chi connectivity index (χ3n) is 1.61. The summed E-state index contributed by atoms with van der Waals surface area (Å²) < 4.78 is 4.83. The first kappa shape index (κ1) is 10.6. The first-order valence-electron chi connectivity index (χ1n) is 3.70. The van der Waals surface area contributed by atoms with Crippen molar-refractivity contribution >= 4 is 23.5 Å². The smallest absolute Gasteiger partial charge is 0.314 e. The molecule has 1 aromatic rings. The summed E-state index contributed by atoms with van der Waals surface area (Å²) in [6.07, 6.45) is -0.529. The number of rotatable bonds is 4. The maximum atomic E-state index is 10.7. The zero-order valence-corrected chi connectivity index (χ0v) is 7.69. The lowest BCUT2D eigenvalue weighted by molar-refractivity contribution is -0.145. The predicted octanol–water partition coefficient (Wildman–Crippen LogP) is 1.58. The fourth-order valence-electron chi connectivity index (χ4n) is 1.000. The summed E-state index contributed by atoms with van der Waals surface area (Å²) in [6, 6.07) is 2.72. The molecule has 0 saturated carbocycles. The van der Waals surface area contributed by atoms with Crippen LogP contribution >= 0.6 is 11.6 Å². The normalized spacial score (nSPS) is 12.4. The van der Waals surface area contributed by atoms with Gasteiger partial charge in [0.25, 0.3) is 0 Å². The van der Waals surface area contributed by atoms with Crippen LogP contribution in [0.25, 0.3) is 0 Å². The molecule has 0 aliphatic carbocycles. The minimum Gasteiger partial charge on any atom is -0.481 e. The molecule has 0 aromatic carbocycles. The van der Waals surface area contributed by atoms with Crippen molar-refractivity contribution in [3.63, 3.8) is 0 Å². The van der Waals surface area contributed by atoms with Crippen molar-refractivity contribution in [3.8, 4) is 0 Å². The second kappa shape index (κ2) is 4.15. The molecule has 0 amide bonds. The fourth-order valence-corrected chi connectivity index (χ4v) is 1.15. The highest BCUT2D eigenvalue weighted by molar-refractivity contribution is 6.28. The third-order valence-corrected chi connectivity index (χ3v) is 1.82. The predicted molar refractivity (Wildman–Crippen MR) is 46.3 cm³/mol. The summed E-state index contributed by atoms with van der Waals surface area (Å²) in [5.74, 6) is -3.60. The van der Waals surface area contributed by atoms with E-state index in [1.165, 1.54) is 12.1 Å². The lowest BCUT2D eigenvalue weighted by Crippen LogP contribution is -2.15. The molecule has 0 spiro atoms. The monoisotopic (exact) mass is 218 g/mol. The van der Waals surface area contributed by atoms with Crippen LogP contribution in [0.1, 0.15) is 18.1 Å². The number of carboxylic acid groups (broad SMARTS) is 2. The van der Waals surface area contributed by atoms with Gasteiger partial charge < -0.3 is 14.6 Å². The van der Waals surface area contributed by atoms with E-state index in [1.807, 2.05) is 0 Å². The summed E-state index contributed by atoms with van der Waals surface area (Å²) >= 11 is 5.44. The van der Waals surface area contributed by atoms with Gasteiger partial charge in [-0.2, -0.15) is 0 Å². The van der Waals surface area contributed by atoms with Crippen molar-refractivity contribution in [1.29, 1.82) is 0 Å². The lowest BCUT2D eigenvalue weighted by Gasteiger charge is -2.05. The van der Waals surface area contributed by atoms with Gasteiger partial charge in [0.05, 0.1) is 6.42 Å². The number of carboxylic acids is 2. The molecule has 1 atom stereocenters. The molecular weight excluding hydrogens is 212 g/mol. The lowest BCUT2D eigenvalue weighted by atomic mass is 10.0. The van der Waals surface area contributed by atoms with E-state index in [1.54, 1.807) is 0 Å². The van der Waals surface area contributed by atoms with E-state index in [-0.39, 0.29) is 11.0 Å². The highest BCUT2D eigenvalue weighted by atomic mass is 35.5. The van der Waals surface area contributed by atoms with Gasteiger partial charge in [-0.05, 0) is 23.7 Å². The van der Waals surface area contributed by atoms with Gasteiger partial charge >= 0.3 is 11.9 Å². The molecule has 1 heterocycles. The molecular formula is C8H7ClO5. The van der Waals surface area contributed by atoms with Crippen LogP contribution in [0.3, 0.4) is 0 Å². The van der Waals surface area contributed by atoms with E-state index in [9.17, 15) is 9.59 Å². The molecule has 1 unspecified atom stereocenters. The number of halogens is 1. The number of aliphatic carboxylic acids is 2. The largest absolute Gasteiger partial charge is 0.481 e. The van der Waals surface area contributed by atoms with Crippen LogP contribution in [0.2, 0.25) is 5.22 Å². The first-order chi connectivity index (χ1) is 6.50. The van der Waals surface area contributed by atoms with Crippen LogP contribution in [-0.4, -0.2) is 22.2 Å². The van der Waals surface area contributed by atoms with Gasteiger partial charge in [-0.15, -0.1) is 0 Å². The average Bonchev–Trinajstić information content (AvgIpc) is 2.46. The van der Waals surface area contributed by atoms with E-state index in [0.717, 1.165) is 0 Å². The molecule has 0 aliphatic rings. The Balaban J connectivity index is 2.88.